The predicted molar refractivity (Wildman–Crippen MR) is 87.2 cm³/mol. The van der Waals surface area contributed by atoms with E-state index in [1.165, 1.54) is 6.07 Å². The van der Waals surface area contributed by atoms with Crippen LogP contribution in [0.5, 0.6) is 0 Å². The lowest BCUT2D eigenvalue weighted by Crippen LogP contribution is -2.28. The van der Waals surface area contributed by atoms with Crippen molar-refractivity contribution in [1.29, 1.82) is 0 Å². The van der Waals surface area contributed by atoms with Crippen molar-refractivity contribution in [2.75, 3.05) is 0 Å². The Morgan fingerprint density at radius 2 is 1.73 bits per heavy atom. The van der Waals surface area contributed by atoms with Gasteiger partial charge in [-0.05, 0) is 64.3 Å². The Balaban J connectivity index is 2.14. The minimum Gasteiger partial charge on any atom is -0.372 e. The number of rotatable bonds is 11. The first-order chi connectivity index (χ1) is 10.5. The quantitative estimate of drug-likeness (QED) is 0.344. The van der Waals surface area contributed by atoms with Gasteiger partial charge in [0.1, 0.15) is 5.82 Å². The fourth-order valence-corrected chi connectivity index (χ4v) is 2.64. The standard InChI is InChI=1S/C17H27FO3Si/c1-13(2)19-17(20-14(3)4)21-22-11-6-5-8-15-9-7-10-16(18)12-15/h7,9-10,12-14,17H,5-6,8,11H2,1-4H3. The molecular weight excluding hydrogens is 299 g/mol. The summed E-state index contributed by atoms with van der Waals surface area (Å²) in [5, 5.41) is 0. The maximum Gasteiger partial charge on any atom is 0.262 e. The van der Waals surface area contributed by atoms with Crippen molar-refractivity contribution in [2.24, 2.45) is 0 Å². The summed E-state index contributed by atoms with van der Waals surface area (Å²) >= 11 is 0. The zero-order valence-corrected chi connectivity index (χ0v) is 15.0. The van der Waals surface area contributed by atoms with Crippen LogP contribution in [0.15, 0.2) is 24.3 Å². The van der Waals surface area contributed by atoms with Crippen LogP contribution in [0.2, 0.25) is 6.04 Å². The van der Waals surface area contributed by atoms with Crippen LogP contribution in [0.3, 0.4) is 0 Å². The van der Waals surface area contributed by atoms with Crippen LogP contribution in [0.4, 0.5) is 4.39 Å². The molecule has 0 aromatic heterocycles. The molecule has 0 aliphatic carbocycles. The van der Waals surface area contributed by atoms with Gasteiger partial charge < -0.3 is 13.9 Å². The average molecular weight is 326 g/mol. The molecule has 1 rings (SSSR count). The number of ether oxygens (including phenoxy) is 2. The van der Waals surface area contributed by atoms with Crippen LogP contribution in [0, 0.1) is 5.82 Å². The van der Waals surface area contributed by atoms with E-state index in [9.17, 15) is 4.39 Å². The third-order valence-electron chi connectivity index (χ3n) is 2.83. The number of hydrogen-bond donors (Lipinski definition) is 0. The van der Waals surface area contributed by atoms with Crippen molar-refractivity contribution >= 4 is 9.76 Å². The maximum atomic E-state index is 13.0. The Bertz CT molecular complexity index is 403. The normalized spacial score (nSPS) is 11.8. The van der Waals surface area contributed by atoms with Gasteiger partial charge in [-0.25, -0.2) is 4.39 Å². The van der Waals surface area contributed by atoms with Crippen molar-refractivity contribution in [3.63, 3.8) is 0 Å². The Morgan fingerprint density at radius 1 is 1.05 bits per heavy atom. The minimum atomic E-state index is -0.582. The molecule has 2 radical (unpaired) electrons. The largest absolute Gasteiger partial charge is 0.372 e. The molecule has 0 N–H and O–H groups in total. The van der Waals surface area contributed by atoms with E-state index in [2.05, 4.69) is 0 Å². The van der Waals surface area contributed by atoms with E-state index < -0.39 is 6.48 Å². The van der Waals surface area contributed by atoms with Crippen molar-refractivity contribution < 1.29 is 18.3 Å². The predicted octanol–water partition coefficient (Wildman–Crippen LogP) is 4.34. The van der Waals surface area contributed by atoms with Gasteiger partial charge in [-0.15, -0.1) is 0 Å². The van der Waals surface area contributed by atoms with Gasteiger partial charge in [0.15, 0.2) is 0 Å². The van der Waals surface area contributed by atoms with Crippen LogP contribution in [0.25, 0.3) is 0 Å². The van der Waals surface area contributed by atoms with E-state index in [1.54, 1.807) is 12.1 Å². The Hall–Kier alpha value is -0.753. The molecule has 0 amide bonds. The molecule has 0 saturated carbocycles. The number of benzene rings is 1. The molecule has 0 spiro atoms. The summed E-state index contributed by atoms with van der Waals surface area (Å²) in [4.78, 5) is 0. The molecule has 0 bridgehead atoms. The highest BCUT2D eigenvalue weighted by atomic mass is 28.2. The fraction of sp³-hybridized carbons (Fsp3) is 0.647. The van der Waals surface area contributed by atoms with Gasteiger partial charge in [0.05, 0.1) is 12.2 Å². The number of hydrogen-bond acceptors (Lipinski definition) is 3. The lowest BCUT2D eigenvalue weighted by atomic mass is 10.1. The second kappa shape index (κ2) is 10.9. The molecule has 0 heterocycles. The second-order valence-electron chi connectivity index (χ2n) is 5.76. The Kier molecular flexibility index (Phi) is 9.55. The fourth-order valence-electron chi connectivity index (χ4n) is 1.88. The van der Waals surface area contributed by atoms with E-state index in [0.29, 0.717) is 9.76 Å². The average Bonchev–Trinajstić information content (AvgIpc) is 2.41. The summed E-state index contributed by atoms with van der Waals surface area (Å²) in [5.74, 6) is -0.165. The smallest absolute Gasteiger partial charge is 0.262 e. The first kappa shape index (κ1) is 19.3. The van der Waals surface area contributed by atoms with Crippen molar-refractivity contribution in [2.45, 2.75) is 71.7 Å². The van der Waals surface area contributed by atoms with Crippen molar-refractivity contribution in [3.05, 3.63) is 35.6 Å². The summed E-state index contributed by atoms with van der Waals surface area (Å²) in [6.45, 7) is 7.26. The van der Waals surface area contributed by atoms with E-state index in [0.717, 1.165) is 30.9 Å². The number of aryl methyl sites for hydroxylation is 1. The van der Waals surface area contributed by atoms with Gasteiger partial charge in [0.25, 0.3) is 6.48 Å². The molecule has 0 fully saturated rings. The number of halogens is 1. The van der Waals surface area contributed by atoms with Gasteiger partial charge in [-0.3, -0.25) is 0 Å². The SMILES string of the molecule is CC(C)OC(O[Si]CCCCc1cccc(F)c1)OC(C)C. The zero-order chi connectivity index (χ0) is 16.4. The van der Waals surface area contributed by atoms with Crippen LogP contribution < -0.4 is 0 Å². The number of unbranched alkanes of at least 4 members (excludes halogenated alkanes) is 1. The van der Waals surface area contributed by atoms with Crippen LogP contribution in [-0.2, 0) is 20.3 Å². The van der Waals surface area contributed by atoms with Crippen molar-refractivity contribution in [1.82, 2.24) is 0 Å². The van der Waals surface area contributed by atoms with Crippen LogP contribution in [0.1, 0.15) is 46.1 Å². The van der Waals surface area contributed by atoms with Crippen molar-refractivity contribution in [3.8, 4) is 0 Å². The summed E-state index contributed by atoms with van der Waals surface area (Å²) in [7, 11) is 0.353. The van der Waals surface area contributed by atoms with E-state index in [4.69, 9.17) is 13.9 Å². The molecule has 22 heavy (non-hydrogen) atoms. The van der Waals surface area contributed by atoms with Gasteiger partial charge in [0, 0.05) is 0 Å². The maximum absolute atomic E-state index is 13.0. The lowest BCUT2D eigenvalue weighted by Gasteiger charge is -2.22. The first-order valence-electron chi connectivity index (χ1n) is 7.91. The van der Waals surface area contributed by atoms with Gasteiger partial charge >= 0.3 is 0 Å². The summed E-state index contributed by atoms with van der Waals surface area (Å²) in [5.41, 5.74) is 1.05. The highest BCUT2D eigenvalue weighted by molar-refractivity contribution is 6.27. The molecule has 0 aliphatic rings. The molecule has 124 valence electrons. The molecule has 3 nitrogen and oxygen atoms in total. The molecule has 0 saturated heterocycles. The van der Waals surface area contributed by atoms with E-state index in [-0.39, 0.29) is 18.0 Å². The van der Waals surface area contributed by atoms with Crippen LogP contribution in [-0.4, -0.2) is 28.4 Å². The summed E-state index contributed by atoms with van der Waals surface area (Å²) < 4.78 is 29.8. The van der Waals surface area contributed by atoms with Gasteiger partial charge in [-0.2, -0.15) is 0 Å². The topological polar surface area (TPSA) is 27.7 Å². The highest BCUT2D eigenvalue weighted by Gasteiger charge is 2.13. The van der Waals surface area contributed by atoms with Gasteiger partial charge in [0.2, 0.25) is 9.76 Å². The van der Waals surface area contributed by atoms with E-state index in [1.807, 2.05) is 33.8 Å². The first-order valence-corrected chi connectivity index (χ1v) is 9.02. The molecule has 5 heteroatoms. The van der Waals surface area contributed by atoms with Gasteiger partial charge in [-0.1, -0.05) is 18.6 Å². The minimum absolute atomic E-state index is 0.0709. The molecule has 0 atom stereocenters. The Labute approximate surface area is 136 Å². The third kappa shape index (κ3) is 9.30. The molecule has 0 unspecified atom stereocenters. The van der Waals surface area contributed by atoms with E-state index >= 15 is 0 Å². The summed E-state index contributed by atoms with van der Waals surface area (Å²) in [6, 6.07) is 7.76. The highest BCUT2D eigenvalue weighted by Crippen LogP contribution is 2.10. The molecule has 0 aliphatic heterocycles. The lowest BCUT2D eigenvalue weighted by molar-refractivity contribution is -0.275. The monoisotopic (exact) mass is 326 g/mol. The second-order valence-corrected chi connectivity index (χ2v) is 6.78. The summed E-state index contributed by atoms with van der Waals surface area (Å²) in [6.07, 6.45) is 3.12. The Morgan fingerprint density at radius 3 is 2.32 bits per heavy atom. The third-order valence-corrected chi connectivity index (χ3v) is 3.75. The molecule has 1 aromatic rings. The zero-order valence-electron chi connectivity index (χ0n) is 14.0. The molecule has 1 aromatic carbocycles. The van der Waals surface area contributed by atoms with Crippen LogP contribution >= 0.6 is 0 Å². The molecular formula is C17H27FO3Si.